The monoisotopic (exact) mass is 253 g/mol. The summed E-state index contributed by atoms with van der Waals surface area (Å²) in [5, 5.41) is 9.64. The first kappa shape index (κ1) is 13.9. The molecule has 2 unspecified atom stereocenters. The Balaban J connectivity index is 2.01. The summed E-state index contributed by atoms with van der Waals surface area (Å²) in [6, 6.07) is 0. The standard InChI is InChI=1S/C15H27NO2/c1-11-4-6-15(7-5-11,14(17)18)10-16-8-12(2)13(3)9-16/h11-13H,4-10H2,1-3H3,(H,17,18). The fourth-order valence-corrected chi connectivity index (χ4v) is 3.56. The van der Waals surface area contributed by atoms with Crippen LogP contribution in [0.3, 0.4) is 0 Å². The molecule has 1 aliphatic carbocycles. The molecule has 2 fully saturated rings. The molecule has 0 aromatic rings. The van der Waals surface area contributed by atoms with E-state index in [1.54, 1.807) is 0 Å². The Morgan fingerprint density at radius 2 is 1.67 bits per heavy atom. The molecule has 2 aliphatic rings. The zero-order valence-electron chi connectivity index (χ0n) is 12.0. The van der Waals surface area contributed by atoms with Gasteiger partial charge in [0.25, 0.3) is 0 Å². The third kappa shape index (κ3) is 2.71. The van der Waals surface area contributed by atoms with Gasteiger partial charge in [-0.3, -0.25) is 4.79 Å². The molecule has 1 N–H and O–H groups in total. The van der Waals surface area contributed by atoms with Crippen molar-refractivity contribution in [1.82, 2.24) is 4.90 Å². The molecule has 3 nitrogen and oxygen atoms in total. The van der Waals surface area contributed by atoms with E-state index in [0.29, 0.717) is 17.8 Å². The molecule has 0 amide bonds. The second-order valence-electron chi connectivity index (χ2n) is 6.92. The Morgan fingerprint density at radius 3 is 2.11 bits per heavy atom. The summed E-state index contributed by atoms with van der Waals surface area (Å²) >= 11 is 0. The number of aliphatic carboxylic acids is 1. The van der Waals surface area contributed by atoms with Gasteiger partial charge in [-0.1, -0.05) is 20.8 Å². The van der Waals surface area contributed by atoms with Crippen LogP contribution >= 0.6 is 0 Å². The summed E-state index contributed by atoms with van der Waals surface area (Å²) in [7, 11) is 0. The Kier molecular flexibility index (Phi) is 4.00. The van der Waals surface area contributed by atoms with Crippen LogP contribution in [0.5, 0.6) is 0 Å². The third-order valence-corrected chi connectivity index (χ3v) is 5.28. The van der Waals surface area contributed by atoms with E-state index >= 15 is 0 Å². The predicted molar refractivity (Wildman–Crippen MR) is 72.5 cm³/mol. The van der Waals surface area contributed by atoms with Crippen molar-refractivity contribution in [2.24, 2.45) is 23.2 Å². The van der Waals surface area contributed by atoms with Crippen molar-refractivity contribution in [1.29, 1.82) is 0 Å². The van der Waals surface area contributed by atoms with Crippen LogP contribution in [0.1, 0.15) is 46.5 Å². The first-order valence-electron chi connectivity index (χ1n) is 7.39. The molecule has 0 aromatic heterocycles. The van der Waals surface area contributed by atoms with E-state index in [9.17, 15) is 9.90 Å². The number of carbonyl (C=O) groups is 1. The first-order chi connectivity index (χ1) is 8.43. The van der Waals surface area contributed by atoms with Crippen LogP contribution in [0.4, 0.5) is 0 Å². The fourth-order valence-electron chi connectivity index (χ4n) is 3.56. The van der Waals surface area contributed by atoms with E-state index < -0.39 is 11.4 Å². The maximum Gasteiger partial charge on any atom is 0.310 e. The SMILES string of the molecule is CC1CCC(CN2CC(C)C(C)C2)(C(=O)O)CC1. The smallest absolute Gasteiger partial charge is 0.310 e. The minimum atomic E-state index is -0.568. The Labute approximate surface area is 111 Å². The molecule has 1 saturated heterocycles. The molecule has 3 heteroatoms. The second kappa shape index (κ2) is 5.20. The molecule has 0 aromatic carbocycles. The van der Waals surface area contributed by atoms with E-state index in [4.69, 9.17) is 0 Å². The highest BCUT2D eigenvalue weighted by molar-refractivity contribution is 5.75. The van der Waals surface area contributed by atoms with E-state index in [1.165, 1.54) is 0 Å². The quantitative estimate of drug-likeness (QED) is 0.841. The largest absolute Gasteiger partial charge is 0.481 e. The van der Waals surface area contributed by atoms with Gasteiger partial charge in [0.05, 0.1) is 5.41 Å². The van der Waals surface area contributed by atoms with Crippen molar-refractivity contribution >= 4 is 5.97 Å². The Morgan fingerprint density at radius 1 is 1.17 bits per heavy atom. The average Bonchev–Trinajstić information content (AvgIpc) is 2.61. The lowest BCUT2D eigenvalue weighted by atomic mass is 9.70. The van der Waals surface area contributed by atoms with Crippen molar-refractivity contribution in [3.63, 3.8) is 0 Å². The predicted octanol–water partition coefficient (Wildman–Crippen LogP) is 2.86. The van der Waals surface area contributed by atoms with Gasteiger partial charge >= 0.3 is 5.97 Å². The van der Waals surface area contributed by atoms with Crippen LogP contribution in [-0.4, -0.2) is 35.6 Å². The zero-order valence-corrected chi connectivity index (χ0v) is 12.0. The normalized spacial score (nSPS) is 42.1. The van der Waals surface area contributed by atoms with Gasteiger partial charge in [0.2, 0.25) is 0 Å². The van der Waals surface area contributed by atoms with Gasteiger partial charge < -0.3 is 10.0 Å². The van der Waals surface area contributed by atoms with Crippen molar-refractivity contribution in [2.45, 2.75) is 46.5 Å². The number of carboxylic acid groups (broad SMARTS) is 1. The second-order valence-corrected chi connectivity index (χ2v) is 6.92. The summed E-state index contributed by atoms with van der Waals surface area (Å²) in [5.41, 5.74) is -0.462. The highest BCUT2D eigenvalue weighted by Gasteiger charge is 2.43. The summed E-state index contributed by atoms with van der Waals surface area (Å²) in [6.07, 6.45) is 3.88. The van der Waals surface area contributed by atoms with Gasteiger partial charge in [0.1, 0.15) is 0 Å². The van der Waals surface area contributed by atoms with Gasteiger partial charge in [0.15, 0.2) is 0 Å². The highest BCUT2D eigenvalue weighted by atomic mass is 16.4. The number of carboxylic acids is 1. The van der Waals surface area contributed by atoms with E-state index in [2.05, 4.69) is 25.7 Å². The van der Waals surface area contributed by atoms with Crippen LogP contribution in [-0.2, 0) is 4.79 Å². The topological polar surface area (TPSA) is 40.5 Å². The molecular formula is C15H27NO2. The molecule has 104 valence electrons. The molecular weight excluding hydrogens is 226 g/mol. The summed E-state index contributed by atoms with van der Waals surface area (Å²) in [6.45, 7) is 9.72. The van der Waals surface area contributed by atoms with Crippen LogP contribution in [0.2, 0.25) is 0 Å². The molecule has 0 spiro atoms. The number of likely N-dealkylation sites (tertiary alicyclic amines) is 1. The molecule has 1 heterocycles. The van der Waals surface area contributed by atoms with Gasteiger partial charge in [-0.05, 0) is 43.4 Å². The number of nitrogens with zero attached hydrogens (tertiary/aromatic N) is 1. The fraction of sp³-hybridized carbons (Fsp3) is 0.933. The van der Waals surface area contributed by atoms with Crippen molar-refractivity contribution in [3.8, 4) is 0 Å². The lowest BCUT2D eigenvalue weighted by Crippen LogP contribution is -2.44. The number of hydrogen-bond donors (Lipinski definition) is 1. The maximum absolute atomic E-state index is 11.7. The van der Waals surface area contributed by atoms with Gasteiger partial charge in [-0.2, -0.15) is 0 Å². The lowest BCUT2D eigenvalue weighted by Gasteiger charge is -2.38. The molecule has 18 heavy (non-hydrogen) atoms. The van der Waals surface area contributed by atoms with E-state index in [1.807, 2.05) is 0 Å². The summed E-state index contributed by atoms with van der Waals surface area (Å²) in [5.74, 6) is 1.55. The van der Waals surface area contributed by atoms with Crippen LogP contribution in [0.25, 0.3) is 0 Å². The molecule has 2 rings (SSSR count). The van der Waals surface area contributed by atoms with Crippen molar-refractivity contribution in [3.05, 3.63) is 0 Å². The summed E-state index contributed by atoms with van der Waals surface area (Å²) < 4.78 is 0. The van der Waals surface area contributed by atoms with Gasteiger partial charge in [-0.15, -0.1) is 0 Å². The van der Waals surface area contributed by atoms with E-state index in [-0.39, 0.29) is 0 Å². The minimum absolute atomic E-state index is 0.462. The Hall–Kier alpha value is -0.570. The molecule has 1 saturated carbocycles. The van der Waals surface area contributed by atoms with Crippen LogP contribution < -0.4 is 0 Å². The highest BCUT2D eigenvalue weighted by Crippen LogP contribution is 2.41. The first-order valence-corrected chi connectivity index (χ1v) is 7.39. The van der Waals surface area contributed by atoms with Crippen molar-refractivity contribution < 1.29 is 9.90 Å². The van der Waals surface area contributed by atoms with E-state index in [0.717, 1.165) is 45.3 Å². The van der Waals surface area contributed by atoms with Crippen LogP contribution in [0, 0.1) is 23.2 Å². The van der Waals surface area contributed by atoms with Gasteiger partial charge in [0, 0.05) is 19.6 Å². The van der Waals surface area contributed by atoms with Crippen LogP contribution in [0.15, 0.2) is 0 Å². The molecule has 2 atom stereocenters. The summed E-state index contributed by atoms with van der Waals surface area (Å²) in [4.78, 5) is 14.1. The third-order valence-electron chi connectivity index (χ3n) is 5.28. The number of rotatable bonds is 3. The van der Waals surface area contributed by atoms with Crippen molar-refractivity contribution in [2.75, 3.05) is 19.6 Å². The van der Waals surface area contributed by atoms with Gasteiger partial charge in [-0.25, -0.2) is 0 Å². The maximum atomic E-state index is 11.7. The molecule has 0 radical (unpaired) electrons. The lowest BCUT2D eigenvalue weighted by molar-refractivity contribution is -0.153. The molecule has 0 bridgehead atoms. The zero-order chi connectivity index (χ0) is 13.3. The average molecular weight is 253 g/mol. The minimum Gasteiger partial charge on any atom is -0.481 e. The molecule has 1 aliphatic heterocycles. The Bertz CT molecular complexity index is 298. The number of hydrogen-bond acceptors (Lipinski definition) is 2.